The van der Waals surface area contributed by atoms with Crippen LogP contribution in [0.3, 0.4) is 0 Å². The predicted molar refractivity (Wildman–Crippen MR) is 72.0 cm³/mol. The smallest absolute Gasteiger partial charge is 0.324 e. The molecule has 0 fully saturated rings. The van der Waals surface area contributed by atoms with Gasteiger partial charge in [0, 0.05) is 13.1 Å². The maximum Gasteiger partial charge on any atom is 0.324 e. The number of hydrogen-bond acceptors (Lipinski definition) is 4. The van der Waals surface area contributed by atoms with Crippen molar-refractivity contribution in [1.82, 2.24) is 4.31 Å². The zero-order chi connectivity index (χ0) is 16.4. The summed E-state index contributed by atoms with van der Waals surface area (Å²) in [7, 11) is -3.15. The first kappa shape index (κ1) is 17.5. The fourth-order valence-electron chi connectivity index (χ4n) is 1.53. The number of nitrogens with zero attached hydrogens (tertiary/aromatic N) is 1. The molecule has 8 heteroatoms. The molecule has 0 saturated carbocycles. The van der Waals surface area contributed by atoms with E-state index < -0.39 is 44.7 Å². The highest BCUT2D eigenvalue weighted by atomic mass is 32.2. The molecule has 5 nitrogen and oxygen atoms in total. The quantitative estimate of drug-likeness (QED) is 0.777. The summed E-state index contributed by atoms with van der Waals surface area (Å²) in [5, 5.41) is 0. The summed E-state index contributed by atoms with van der Waals surface area (Å²) >= 11 is 0. The van der Waals surface area contributed by atoms with Crippen LogP contribution in [0.1, 0.15) is 20.8 Å². The third-order valence-corrected chi connectivity index (χ3v) is 4.75. The summed E-state index contributed by atoms with van der Waals surface area (Å²) in [5.41, 5.74) is 0. The summed E-state index contributed by atoms with van der Waals surface area (Å²) < 4.78 is 56.6. The standard InChI is InChI=1S/C13H17F2NO4S/c1-8(2)20-13(17)9(3)16(4)21(18,19)12-6-5-10(14)7-11(12)15/h5-9H,1-4H3/t9-/m1/s1. The number of carbonyl (C=O) groups excluding carboxylic acids is 1. The third-order valence-electron chi connectivity index (χ3n) is 2.79. The molecular formula is C13H17F2NO4S. The van der Waals surface area contributed by atoms with Crippen molar-refractivity contribution in [3.8, 4) is 0 Å². The minimum atomic E-state index is -4.28. The van der Waals surface area contributed by atoms with Crippen LogP contribution in [-0.2, 0) is 19.6 Å². The molecule has 1 aromatic rings. The van der Waals surface area contributed by atoms with Crippen molar-refractivity contribution in [2.24, 2.45) is 0 Å². The molecule has 1 atom stereocenters. The zero-order valence-corrected chi connectivity index (χ0v) is 12.9. The second-order valence-corrected chi connectivity index (χ2v) is 6.72. The molecule has 0 spiro atoms. The lowest BCUT2D eigenvalue weighted by atomic mass is 10.3. The van der Waals surface area contributed by atoms with Gasteiger partial charge in [0.2, 0.25) is 10.0 Å². The molecular weight excluding hydrogens is 304 g/mol. The average molecular weight is 321 g/mol. The lowest BCUT2D eigenvalue weighted by Crippen LogP contribution is -2.42. The summed E-state index contributed by atoms with van der Waals surface area (Å²) in [6, 6.07) is 0.984. The van der Waals surface area contributed by atoms with E-state index in [1.165, 1.54) is 6.92 Å². The molecule has 21 heavy (non-hydrogen) atoms. The molecule has 0 saturated heterocycles. The first-order valence-electron chi connectivity index (χ1n) is 6.21. The lowest BCUT2D eigenvalue weighted by Gasteiger charge is -2.23. The van der Waals surface area contributed by atoms with E-state index in [1.807, 2.05) is 0 Å². The molecule has 0 radical (unpaired) electrons. The number of rotatable bonds is 5. The Labute approximate surface area is 122 Å². The van der Waals surface area contributed by atoms with Crippen molar-refractivity contribution in [2.45, 2.75) is 37.8 Å². The summed E-state index contributed by atoms with van der Waals surface area (Å²) in [6.07, 6.45) is -0.404. The van der Waals surface area contributed by atoms with Gasteiger partial charge in [0.1, 0.15) is 22.6 Å². The largest absolute Gasteiger partial charge is 0.462 e. The Morgan fingerprint density at radius 2 is 1.81 bits per heavy atom. The molecule has 0 unspecified atom stereocenters. The van der Waals surface area contributed by atoms with E-state index in [0.717, 1.165) is 19.2 Å². The van der Waals surface area contributed by atoms with E-state index in [-0.39, 0.29) is 0 Å². The fourth-order valence-corrected chi connectivity index (χ4v) is 2.88. The van der Waals surface area contributed by atoms with Crippen LogP contribution in [0, 0.1) is 11.6 Å². The van der Waals surface area contributed by atoms with Gasteiger partial charge in [0.05, 0.1) is 6.10 Å². The number of likely N-dealkylation sites (N-methyl/N-ethyl adjacent to an activating group) is 1. The molecule has 0 aliphatic rings. The van der Waals surface area contributed by atoms with Crippen molar-refractivity contribution < 1.29 is 26.7 Å². The van der Waals surface area contributed by atoms with Gasteiger partial charge in [-0.25, -0.2) is 17.2 Å². The first-order chi connectivity index (χ1) is 9.57. The number of halogens is 2. The van der Waals surface area contributed by atoms with Crippen molar-refractivity contribution in [3.05, 3.63) is 29.8 Å². The Kier molecular flexibility index (Phi) is 5.41. The molecule has 0 bridgehead atoms. The number of sulfonamides is 1. The summed E-state index contributed by atoms with van der Waals surface area (Å²) in [4.78, 5) is 11.0. The first-order valence-corrected chi connectivity index (χ1v) is 7.65. The topological polar surface area (TPSA) is 63.7 Å². The Morgan fingerprint density at radius 3 is 2.29 bits per heavy atom. The SMILES string of the molecule is CC(C)OC(=O)[C@@H](C)N(C)S(=O)(=O)c1ccc(F)cc1F. The van der Waals surface area contributed by atoms with Crippen LogP contribution < -0.4 is 0 Å². The van der Waals surface area contributed by atoms with Crippen molar-refractivity contribution >= 4 is 16.0 Å². The van der Waals surface area contributed by atoms with Crippen LogP contribution in [0.2, 0.25) is 0 Å². The zero-order valence-electron chi connectivity index (χ0n) is 12.1. The number of benzene rings is 1. The van der Waals surface area contributed by atoms with Gasteiger partial charge in [0.25, 0.3) is 0 Å². The monoisotopic (exact) mass is 321 g/mol. The normalized spacial score (nSPS) is 13.5. The van der Waals surface area contributed by atoms with Gasteiger partial charge >= 0.3 is 5.97 Å². The molecule has 1 rings (SSSR count). The van der Waals surface area contributed by atoms with Crippen LogP contribution in [0.25, 0.3) is 0 Å². The van der Waals surface area contributed by atoms with Gasteiger partial charge in [0.15, 0.2) is 0 Å². The van der Waals surface area contributed by atoms with E-state index >= 15 is 0 Å². The highest BCUT2D eigenvalue weighted by Gasteiger charge is 2.32. The summed E-state index contributed by atoms with van der Waals surface area (Å²) in [5.74, 6) is -2.86. The second kappa shape index (κ2) is 6.48. The predicted octanol–water partition coefficient (Wildman–Crippen LogP) is 1.93. The van der Waals surface area contributed by atoms with E-state index in [4.69, 9.17) is 4.74 Å². The second-order valence-electron chi connectivity index (χ2n) is 4.76. The fraction of sp³-hybridized carbons (Fsp3) is 0.462. The molecule has 0 aliphatic heterocycles. The van der Waals surface area contributed by atoms with Gasteiger partial charge in [-0.2, -0.15) is 4.31 Å². The number of esters is 1. The maximum absolute atomic E-state index is 13.6. The number of carbonyl (C=O) groups is 1. The Balaban J connectivity index is 3.09. The number of ether oxygens (including phenoxy) is 1. The molecule has 0 amide bonds. The van der Waals surface area contributed by atoms with Crippen molar-refractivity contribution in [3.63, 3.8) is 0 Å². The van der Waals surface area contributed by atoms with Gasteiger partial charge in [-0.15, -0.1) is 0 Å². The molecule has 0 heterocycles. The van der Waals surface area contributed by atoms with Crippen molar-refractivity contribution in [1.29, 1.82) is 0 Å². The molecule has 0 aliphatic carbocycles. The highest BCUT2D eigenvalue weighted by molar-refractivity contribution is 7.89. The number of hydrogen-bond donors (Lipinski definition) is 0. The van der Waals surface area contributed by atoms with Crippen LogP contribution in [0.15, 0.2) is 23.1 Å². The van der Waals surface area contributed by atoms with Crippen LogP contribution in [0.4, 0.5) is 8.78 Å². The molecule has 1 aromatic carbocycles. The van der Waals surface area contributed by atoms with E-state index in [9.17, 15) is 22.0 Å². The Morgan fingerprint density at radius 1 is 1.24 bits per heavy atom. The maximum atomic E-state index is 13.6. The summed E-state index contributed by atoms with van der Waals surface area (Å²) in [6.45, 7) is 4.57. The van der Waals surface area contributed by atoms with E-state index in [1.54, 1.807) is 13.8 Å². The molecule has 0 N–H and O–H groups in total. The van der Waals surface area contributed by atoms with Crippen molar-refractivity contribution in [2.75, 3.05) is 7.05 Å². The van der Waals surface area contributed by atoms with Crippen LogP contribution >= 0.6 is 0 Å². The van der Waals surface area contributed by atoms with E-state index in [0.29, 0.717) is 10.4 Å². The molecule has 0 aromatic heterocycles. The third kappa shape index (κ3) is 3.98. The average Bonchev–Trinajstić information content (AvgIpc) is 2.35. The lowest BCUT2D eigenvalue weighted by molar-refractivity contribution is -0.151. The highest BCUT2D eigenvalue weighted by Crippen LogP contribution is 2.21. The Hall–Kier alpha value is -1.54. The minimum Gasteiger partial charge on any atom is -0.462 e. The van der Waals surface area contributed by atoms with Gasteiger partial charge < -0.3 is 4.74 Å². The Bertz CT molecular complexity index is 631. The van der Waals surface area contributed by atoms with Gasteiger partial charge in [-0.05, 0) is 32.9 Å². The van der Waals surface area contributed by atoms with E-state index in [2.05, 4.69) is 0 Å². The van der Waals surface area contributed by atoms with Gasteiger partial charge in [-0.1, -0.05) is 0 Å². The molecule has 118 valence electrons. The van der Waals surface area contributed by atoms with Crippen LogP contribution in [-0.4, -0.2) is 37.9 Å². The minimum absolute atomic E-state index is 0.404. The van der Waals surface area contributed by atoms with Gasteiger partial charge in [-0.3, -0.25) is 4.79 Å². The van der Waals surface area contributed by atoms with Crippen LogP contribution in [0.5, 0.6) is 0 Å².